The van der Waals surface area contributed by atoms with Crippen LogP contribution in [0.25, 0.3) is 0 Å². The van der Waals surface area contributed by atoms with Crippen molar-refractivity contribution in [3.8, 4) is 0 Å². The third kappa shape index (κ3) is 5.61. The molecular weight excluding hydrogens is 255 g/mol. The molecule has 0 aromatic carbocycles. The molecule has 0 aliphatic carbocycles. The Balaban J connectivity index is 0.00000400. The van der Waals surface area contributed by atoms with Gasteiger partial charge in [0.25, 0.3) is 5.91 Å². The van der Waals surface area contributed by atoms with Crippen molar-refractivity contribution in [2.75, 3.05) is 6.54 Å². The Kier molecular flexibility index (Phi) is 6.37. The van der Waals surface area contributed by atoms with Crippen molar-refractivity contribution in [3.63, 3.8) is 0 Å². The summed E-state index contributed by atoms with van der Waals surface area (Å²) in [5.74, 6) is -0.858. The van der Waals surface area contributed by atoms with Crippen LogP contribution >= 0.6 is 0 Å². The molecule has 0 saturated carbocycles. The number of amides is 1. The summed E-state index contributed by atoms with van der Waals surface area (Å²) in [5.41, 5.74) is 2.59. The van der Waals surface area contributed by atoms with Gasteiger partial charge in [-0.1, -0.05) is 30.4 Å². The molecule has 0 bridgehead atoms. The van der Waals surface area contributed by atoms with Crippen LogP contribution < -0.4 is 5.32 Å². The largest absolute Gasteiger partial charge is 0.352 e. The summed E-state index contributed by atoms with van der Waals surface area (Å²) >= 11 is 0. The van der Waals surface area contributed by atoms with Gasteiger partial charge in [-0.15, -0.1) is 0 Å². The molecule has 1 rings (SSSR count). The summed E-state index contributed by atoms with van der Waals surface area (Å²) < 4.78 is 12.6. The monoisotopic (exact) mass is 276 g/mol. The number of nitrogens with zero attached hydrogens (tertiary/aromatic N) is 1. The number of hydrogen-bond donors (Lipinski definition) is 1. The lowest BCUT2D eigenvalue weighted by Crippen LogP contribution is -2.24. The van der Waals surface area contributed by atoms with Crippen LogP contribution in [0.3, 0.4) is 0 Å². The van der Waals surface area contributed by atoms with Crippen molar-refractivity contribution < 1.29 is 10.6 Å². The third-order valence-electron chi connectivity index (χ3n) is 2.58. The molecule has 1 amide bonds. The number of nitrogens with one attached hydrogen (secondary N) is 1. The van der Waals surface area contributed by atoms with Gasteiger partial charge < -0.3 is 5.32 Å². The molecule has 1 aromatic rings. The first-order chi connectivity index (χ1) is 9.52. The van der Waals surface area contributed by atoms with Crippen molar-refractivity contribution in [1.82, 2.24) is 10.3 Å². The number of aromatic nitrogens is 1. The maximum Gasteiger partial charge on any atom is 0.252 e. The highest BCUT2D eigenvalue weighted by Gasteiger charge is 2.05. The molecule has 1 N–H and O–H groups in total. The Morgan fingerprint density at radius 3 is 2.75 bits per heavy atom. The van der Waals surface area contributed by atoms with Gasteiger partial charge in [0.05, 0.1) is 5.56 Å². The van der Waals surface area contributed by atoms with E-state index in [9.17, 15) is 9.18 Å². The lowest BCUT2D eigenvalue weighted by molar-refractivity contribution is 0.0953. The van der Waals surface area contributed by atoms with E-state index in [1.165, 1.54) is 23.9 Å². The highest BCUT2D eigenvalue weighted by atomic mass is 19.1. The summed E-state index contributed by atoms with van der Waals surface area (Å²) in [4.78, 5) is 15.2. The zero-order valence-corrected chi connectivity index (χ0v) is 11.8. The molecule has 4 heteroatoms. The average Bonchev–Trinajstić information content (AvgIpc) is 2.42. The molecule has 20 heavy (non-hydrogen) atoms. The molecule has 0 atom stereocenters. The van der Waals surface area contributed by atoms with Crippen molar-refractivity contribution in [1.29, 1.82) is 0 Å². The molecule has 0 fully saturated rings. The van der Waals surface area contributed by atoms with Gasteiger partial charge in [0.15, 0.2) is 0 Å². The van der Waals surface area contributed by atoms with Crippen LogP contribution in [0.2, 0.25) is 0 Å². The van der Waals surface area contributed by atoms with Crippen molar-refractivity contribution in [3.05, 3.63) is 65.8 Å². The van der Waals surface area contributed by atoms with Crippen molar-refractivity contribution in [2.45, 2.75) is 20.3 Å². The number of halogens is 1. The second-order valence-corrected chi connectivity index (χ2v) is 4.57. The Morgan fingerprint density at radius 2 is 2.20 bits per heavy atom. The average molecular weight is 276 g/mol. The lowest BCUT2D eigenvalue weighted by atomic mass is 10.1. The molecule has 1 aromatic heterocycles. The van der Waals surface area contributed by atoms with Crippen LogP contribution in [-0.4, -0.2) is 17.4 Å². The van der Waals surface area contributed by atoms with E-state index in [0.717, 1.165) is 5.57 Å². The van der Waals surface area contributed by atoms with Crippen LogP contribution in [-0.2, 0) is 0 Å². The van der Waals surface area contributed by atoms with E-state index in [1.54, 1.807) is 6.08 Å². The summed E-state index contributed by atoms with van der Waals surface area (Å²) in [6.45, 7) is 8.26. The minimum Gasteiger partial charge on any atom is -0.352 e. The van der Waals surface area contributed by atoms with Crippen LogP contribution in [0.1, 0.15) is 32.1 Å². The molecule has 0 aliphatic heterocycles. The van der Waals surface area contributed by atoms with E-state index >= 15 is 0 Å². The fourth-order valence-electron chi connectivity index (χ4n) is 1.46. The Morgan fingerprint density at radius 1 is 1.45 bits per heavy atom. The van der Waals surface area contributed by atoms with Gasteiger partial charge in [0, 0.05) is 14.2 Å². The van der Waals surface area contributed by atoms with Gasteiger partial charge in [-0.25, -0.2) is 4.98 Å². The number of allylic oxidation sites excluding steroid dienone is 4. The molecule has 0 aliphatic rings. The highest BCUT2D eigenvalue weighted by Crippen LogP contribution is 2.04. The summed E-state index contributed by atoms with van der Waals surface area (Å²) in [7, 11) is 0. The number of carbonyl (C=O) groups excluding carboxylic acids is 1. The molecule has 0 spiro atoms. The van der Waals surface area contributed by atoms with Gasteiger partial charge in [0.2, 0.25) is 5.95 Å². The first-order valence-electron chi connectivity index (χ1n) is 6.39. The maximum atomic E-state index is 12.6. The molecule has 0 unspecified atom stereocenters. The normalized spacial score (nSPS) is 10.8. The topological polar surface area (TPSA) is 42.0 Å². The Bertz CT molecular complexity index is 532. The summed E-state index contributed by atoms with van der Waals surface area (Å²) in [6.07, 6.45) is 7.66. The van der Waals surface area contributed by atoms with Crippen molar-refractivity contribution >= 4 is 5.91 Å². The highest BCUT2D eigenvalue weighted by molar-refractivity contribution is 5.93. The molecular formula is C16H21FN2O. The van der Waals surface area contributed by atoms with Crippen LogP contribution in [0.5, 0.6) is 0 Å². The minimum absolute atomic E-state index is 0. The number of pyridine rings is 1. The molecule has 0 saturated heterocycles. The quantitative estimate of drug-likeness (QED) is 0.636. The van der Waals surface area contributed by atoms with E-state index < -0.39 is 5.95 Å². The van der Waals surface area contributed by atoms with E-state index in [2.05, 4.69) is 16.9 Å². The number of carbonyl (C=O) groups is 1. The predicted octanol–water partition coefficient (Wildman–Crippen LogP) is 3.67. The third-order valence-corrected chi connectivity index (χ3v) is 2.58. The van der Waals surface area contributed by atoms with Gasteiger partial charge in [-0.2, -0.15) is 4.39 Å². The Hall–Kier alpha value is -2.23. The first-order valence-corrected chi connectivity index (χ1v) is 6.39. The first kappa shape index (κ1) is 15.8. The zero-order valence-electron chi connectivity index (χ0n) is 11.8. The summed E-state index contributed by atoms with van der Waals surface area (Å²) in [6, 6.07) is 2.57. The van der Waals surface area contributed by atoms with Crippen molar-refractivity contribution in [2.24, 2.45) is 0 Å². The van der Waals surface area contributed by atoms with Gasteiger partial charge in [-0.05, 0) is 38.0 Å². The lowest BCUT2D eigenvalue weighted by Gasteiger charge is -2.05. The zero-order chi connectivity index (χ0) is 15.0. The number of rotatable bonds is 6. The molecule has 1 heterocycles. The van der Waals surface area contributed by atoms with E-state index in [4.69, 9.17) is 0 Å². The minimum atomic E-state index is -0.597. The standard InChI is InChI=1S/C16H19FN2O.H2/c1-4-13(6-5-12(2)3)9-10-18-16(20)14-7-8-15(17)19-11-14;/h4-8,11H,1,9-10H2,2-3H3,(H,18,20);1H/b13-6+;. The van der Waals surface area contributed by atoms with E-state index in [0.29, 0.717) is 18.5 Å². The van der Waals surface area contributed by atoms with Gasteiger partial charge >= 0.3 is 0 Å². The molecule has 3 nitrogen and oxygen atoms in total. The fraction of sp³-hybridized carbons (Fsp3) is 0.250. The SMILES string of the molecule is C=C/C(=C\C=C(C)C)CCNC(=O)c1ccc(F)nc1.[HH]. The predicted molar refractivity (Wildman–Crippen MR) is 81.0 cm³/mol. The van der Waals surface area contributed by atoms with Gasteiger partial charge in [0.1, 0.15) is 0 Å². The van der Waals surface area contributed by atoms with E-state index in [1.807, 2.05) is 26.0 Å². The second kappa shape index (κ2) is 8.04. The van der Waals surface area contributed by atoms with Crippen LogP contribution in [0.15, 0.2) is 54.3 Å². The molecule has 0 radical (unpaired) electrons. The van der Waals surface area contributed by atoms with Gasteiger partial charge in [-0.3, -0.25) is 4.79 Å². The summed E-state index contributed by atoms with van der Waals surface area (Å²) in [5, 5.41) is 2.76. The smallest absolute Gasteiger partial charge is 0.252 e. The Labute approximate surface area is 120 Å². The van der Waals surface area contributed by atoms with E-state index in [-0.39, 0.29) is 7.33 Å². The number of hydrogen-bond acceptors (Lipinski definition) is 2. The van der Waals surface area contributed by atoms with Crippen LogP contribution in [0.4, 0.5) is 4.39 Å². The molecule has 108 valence electrons. The maximum absolute atomic E-state index is 12.6. The second-order valence-electron chi connectivity index (χ2n) is 4.57. The van der Waals surface area contributed by atoms with Crippen LogP contribution in [0, 0.1) is 5.95 Å². The fourth-order valence-corrected chi connectivity index (χ4v) is 1.46.